The van der Waals surface area contributed by atoms with Gasteiger partial charge in [-0.25, -0.2) is 0 Å². The van der Waals surface area contributed by atoms with Gasteiger partial charge in [0.25, 0.3) is 0 Å². The molecule has 1 aromatic heterocycles. The Morgan fingerprint density at radius 1 is 1.28 bits per heavy atom. The molecule has 0 aliphatic carbocycles. The van der Waals surface area contributed by atoms with Crippen molar-refractivity contribution < 1.29 is 0 Å². The van der Waals surface area contributed by atoms with E-state index < -0.39 is 0 Å². The number of nitrogens with one attached hydrogen (secondary N) is 1. The summed E-state index contributed by atoms with van der Waals surface area (Å²) in [6, 6.07) is 4.50. The molecule has 3 rings (SSSR count). The molecule has 0 radical (unpaired) electrons. The number of rotatable bonds is 4. The number of hydrogen-bond donors (Lipinski definition) is 1. The van der Waals surface area contributed by atoms with Gasteiger partial charge in [-0.3, -0.25) is 4.68 Å². The van der Waals surface area contributed by atoms with Crippen molar-refractivity contribution >= 4 is 0 Å². The molecule has 2 aliphatic heterocycles. The lowest BCUT2D eigenvalue weighted by Crippen LogP contribution is -2.47. The summed E-state index contributed by atoms with van der Waals surface area (Å²) in [5.74, 6) is 0. The molecule has 18 heavy (non-hydrogen) atoms. The molecule has 0 spiro atoms. The van der Waals surface area contributed by atoms with Gasteiger partial charge in [0, 0.05) is 50.0 Å². The number of hydrogen-bond acceptors (Lipinski definition) is 3. The van der Waals surface area contributed by atoms with Gasteiger partial charge in [0.2, 0.25) is 0 Å². The lowest BCUT2D eigenvalue weighted by molar-refractivity contribution is 0.149. The molecule has 2 atom stereocenters. The topological polar surface area (TPSA) is 33.1 Å². The third kappa shape index (κ3) is 2.31. The Balaban J connectivity index is 1.46. The second kappa shape index (κ2) is 5.02. The summed E-state index contributed by atoms with van der Waals surface area (Å²) in [5.41, 5.74) is 1.32. The van der Waals surface area contributed by atoms with E-state index in [1.807, 2.05) is 17.9 Å². The lowest BCUT2D eigenvalue weighted by Gasteiger charge is -2.36. The Bertz CT molecular complexity index is 386. The van der Waals surface area contributed by atoms with E-state index in [0.717, 1.165) is 31.1 Å². The van der Waals surface area contributed by atoms with Crippen LogP contribution in [0.2, 0.25) is 0 Å². The highest BCUT2D eigenvalue weighted by molar-refractivity contribution is 5.01. The molecule has 100 valence electrons. The van der Waals surface area contributed by atoms with Crippen LogP contribution < -0.4 is 5.32 Å². The lowest BCUT2D eigenvalue weighted by atomic mass is 9.98. The van der Waals surface area contributed by atoms with Crippen LogP contribution >= 0.6 is 0 Å². The van der Waals surface area contributed by atoms with E-state index in [2.05, 4.69) is 28.4 Å². The maximum atomic E-state index is 4.21. The molecule has 4 heteroatoms. The van der Waals surface area contributed by atoms with Gasteiger partial charge in [-0.1, -0.05) is 0 Å². The van der Waals surface area contributed by atoms with Gasteiger partial charge in [-0.15, -0.1) is 0 Å². The molecule has 2 bridgehead atoms. The van der Waals surface area contributed by atoms with E-state index in [1.54, 1.807) is 0 Å². The Morgan fingerprint density at radius 3 is 2.61 bits per heavy atom. The third-order valence-electron chi connectivity index (χ3n) is 4.83. The van der Waals surface area contributed by atoms with E-state index in [9.17, 15) is 0 Å². The Kier molecular flexibility index (Phi) is 3.39. The highest BCUT2D eigenvalue weighted by Crippen LogP contribution is 2.34. The predicted octanol–water partition coefficient (Wildman–Crippen LogP) is 1.18. The van der Waals surface area contributed by atoms with Crippen LogP contribution in [0.25, 0.3) is 0 Å². The molecule has 0 aromatic carbocycles. The van der Waals surface area contributed by atoms with Gasteiger partial charge in [0.15, 0.2) is 0 Å². The van der Waals surface area contributed by atoms with E-state index >= 15 is 0 Å². The van der Waals surface area contributed by atoms with Crippen LogP contribution in [0, 0.1) is 0 Å². The number of aryl methyl sites for hydroxylation is 1. The molecular weight excluding hydrogens is 224 g/mol. The maximum absolute atomic E-state index is 4.21. The summed E-state index contributed by atoms with van der Waals surface area (Å²) >= 11 is 0. The summed E-state index contributed by atoms with van der Waals surface area (Å²) in [4.78, 5) is 2.60. The largest absolute Gasteiger partial charge is 0.313 e. The highest BCUT2D eigenvalue weighted by Gasteiger charge is 2.37. The minimum atomic E-state index is 0.729. The van der Waals surface area contributed by atoms with E-state index in [4.69, 9.17) is 0 Å². The minimum absolute atomic E-state index is 0.729. The molecule has 1 N–H and O–H groups in total. The van der Waals surface area contributed by atoms with Crippen molar-refractivity contribution in [2.45, 2.75) is 50.2 Å². The van der Waals surface area contributed by atoms with Crippen molar-refractivity contribution in [3.63, 3.8) is 0 Å². The number of piperidine rings is 1. The van der Waals surface area contributed by atoms with Crippen LogP contribution in [0.5, 0.6) is 0 Å². The summed E-state index contributed by atoms with van der Waals surface area (Å²) in [7, 11) is 4.32. The van der Waals surface area contributed by atoms with Crippen molar-refractivity contribution in [3.8, 4) is 0 Å². The SMILES string of the molecule is CN1C2CCC1CC(NCCc1ccnn1C)C2. The minimum Gasteiger partial charge on any atom is -0.313 e. The molecular formula is C14H24N4. The normalized spacial score (nSPS) is 32.0. The van der Waals surface area contributed by atoms with Crippen LogP contribution in [-0.4, -0.2) is 46.4 Å². The second-order valence-corrected chi connectivity index (χ2v) is 5.87. The molecule has 2 saturated heterocycles. The first-order valence-corrected chi connectivity index (χ1v) is 7.16. The fourth-order valence-electron chi connectivity index (χ4n) is 3.63. The Labute approximate surface area is 109 Å². The first-order valence-electron chi connectivity index (χ1n) is 7.16. The molecule has 4 nitrogen and oxygen atoms in total. The van der Waals surface area contributed by atoms with Gasteiger partial charge in [-0.2, -0.15) is 5.10 Å². The summed E-state index contributed by atoms with van der Waals surface area (Å²) in [6.45, 7) is 1.08. The van der Waals surface area contributed by atoms with Crippen LogP contribution in [0.4, 0.5) is 0 Å². The standard InChI is InChI=1S/C14H24N4/c1-17-13-3-4-14(17)10-11(9-13)15-7-5-12-6-8-16-18(12)2/h6,8,11,13-15H,3-5,7,9-10H2,1-2H3. The summed E-state index contributed by atoms with van der Waals surface area (Å²) in [6.07, 6.45) is 8.43. The van der Waals surface area contributed by atoms with Gasteiger partial charge >= 0.3 is 0 Å². The smallest absolute Gasteiger partial charge is 0.0492 e. The van der Waals surface area contributed by atoms with Crippen molar-refractivity contribution in [2.24, 2.45) is 7.05 Å². The third-order valence-corrected chi connectivity index (χ3v) is 4.83. The number of fused-ring (bicyclic) bond motifs is 2. The number of aromatic nitrogens is 2. The van der Waals surface area contributed by atoms with Gasteiger partial charge < -0.3 is 10.2 Å². The van der Waals surface area contributed by atoms with E-state index in [-0.39, 0.29) is 0 Å². The Morgan fingerprint density at radius 2 is 2.00 bits per heavy atom. The Hall–Kier alpha value is -0.870. The molecule has 2 aliphatic rings. The quantitative estimate of drug-likeness (QED) is 0.868. The predicted molar refractivity (Wildman–Crippen MR) is 72.5 cm³/mol. The molecule has 0 saturated carbocycles. The van der Waals surface area contributed by atoms with E-state index in [0.29, 0.717) is 0 Å². The summed E-state index contributed by atoms with van der Waals surface area (Å²) in [5, 5.41) is 7.95. The van der Waals surface area contributed by atoms with Gasteiger partial charge in [0.05, 0.1) is 0 Å². The van der Waals surface area contributed by atoms with Gasteiger partial charge in [-0.05, 0) is 38.8 Å². The zero-order valence-corrected chi connectivity index (χ0v) is 11.5. The van der Waals surface area contributed by atoms with E-state index in [1.165, 1.54) is 31.4 Å². The molecule has 0 amide bonds. The zero-order valence-electron chi connectivity index (χ0n) is 11.5. The van der Waals surface area contributed by atoms with Crippen LogP contribution in [0.3, 0.4) is 0 Å². The van der Waals surface area contributed by atoms with Crippen molar-refractivity contribution in [1.82, 2.24) is 20.0 Å². The summed E-state index contributed by atoms with van der Waals surface area (Å²) < 4.78 is 1.97. The first-order chi connectivity index (χ1) is 8.74. The monoisotopic (exact) mass is 248 g/mol. The molecule has 2 unspecified atom stereocenters. The van der Waals surface area contributed by atoms with Crippen LogP contribution in [0.1, 0.15) is 31.4 Å². The highest BCUT2D eigenvalue weighted by atomic mass is 15.3. The van der Waals surface area contributed by atoms with Crippen molar-refractivity contribution in [3.05, 3.63) is 18.0 Å². The zero-order chi connectivity index (χ0) is 12.5. The maximum Gasteiger partial charge on any atom is 0.0492 e. The van der Waals surface area contributed by atoms with Crippen LogP contribution in [0.15, 0.2) is 12.3 Å². The van der Waals surface area contributed by atoms with Crippen LogP contribution in [-0.2, 0) is 13.5 Å². The van der Waals surface area contributed by atoms with Gasteiger partial charge in [0.1, 0.15) is 0 Å². The average Bonchev–Trinajstić information content (AvgIpc) is 2.82. The molecule has 1 aromatic rings. The van der Waals surface area contributed by atoms with Crippen molar-refractivity contribution in [2.75, 3.05) is 13.6 Å². The molecule has 2 fully saturated rings. The number of nitrogens with zero attached hydrogens (tertiary/aromatic N) is 3. The second-order valence-electron chi connectivity index (χ2n) is 5.87. The fourth-order valence-corrected chi connectivity index (χ4v) is 3.63. The van der Waals surface area contributed by atoms with Crippen molar-refractivity contribution in [1.29, 1.82) is 0 Å². The first kappa shape index (κ1) is 12.2. The fraction of sp³-hybridized carbons (Fsp3) is 0.786. The molecule has 3 heterocycles. The average molecular weight is 248 g/mol.